The lowest BCUT2D eigenvalue weighted by atomic mass is 10.1. The highest BCUT2D eigenvalue weighted by molar-refractivity contribution is 6.30. The highest BCUT2D eigenvalue weighted by atomic mass is 35.5. The topological polar surface area (TPSA) is 51.9 Å². The van der Waals surface area contributed by atoms with Crippen LogP contribution in [-0.2, 0) is 7.05 Å². The van der Waals surface area contributed by atoms with Crippen molar-refractivity contribution in [2.24, 2.45) is 7.05 Å². The minimum Gasteiger partial charge on any atom is -0.338 e. The molecular formula is C24H22ClFN4O. The number of aromatic nitrogens is 3. The van der Waals surface area contributed by atoms with Gasteiger partial charge in [0.2, 0.25) is 0 Å². The number of aryl methyl sites for hydroxylation is 2. The van der Waals surface area contributed by atoms with E-state index in [1.54, 1.807) is 18.3 Å². The van der Waals surface area contributed by atoms with Crippen molar-refractivity contribution in [2.75, 3.05) is 0 Å². The molecule has 2 aromatic heterocycles. The van der Waals surface area contributed by atoms with Crippen LogP contribution in [0, 0.1) is 19.7 Å². The molecule has 5 nitrogen and oxygen atoms in total. The third-order valence-electron chi connectivity index (χ3n) is 5.36. The molecule has 1 atom stereocenters. The third kappa shape index (κ3) is 4.11. The summed E-state index contributed by atoms with van der Waals surface area (Å²) >= 11 is 6.02. The molecule has 2 heterocycles. The Morgan fingerprint density at radius 3 is 2.39 bits per heavy atom. The van der Waals surface area contributed by atoms with Gasteiger partial charge in [0.25, 0.3) is 5.91 Å². The smallest absolute Gasteiger partial charge is 0.253 e. The molecule has 0 aliphatic rings. The molecule has 4 aromatic rings. The largest absolute Gasteiger partial charge is 0.338 e. The van der Waals surface area contributed by atoms with E-state index in [0.717, 1.165) is 22.6 Å². The highest BCUT2D eigenvalue weighted by Gasteiger charge is 2.24. The number of halogens is 2. The number of rotatable bonds is 5. The first-order valence-corrected chi connectivity index (χ1v) is 10.2. The predicted octanol–water partition coefficient (Wildman–Crippen LogP) is 5.14. The summed E-state index contributed by atoms with van der Waals surface area (Å²) in [5.74, 6) is 0.0947. The summed E-state index contributed by atoms with van der Waals surface area (Å²) in [5, 5.41) is 3.73. The zero-order valence-electron chi connectivity index (χ0n) is 17.4. The van der Waals surface area contributed by atoms with Gasteiger partial charge in [0.15, 0.2) is 0 Å². The van der Waals surface area contributed by atoms with Crippen LogP contribution in [0.3, 0.4) is 0 Å². The molecule has 31 heavy (non-hydrogen) atoms. The fraction of sp³-hybridized carbons (Fsp3) is 0.167. The second-order valence-electron chi connectivity index (χ2n) is 7.45. The van der Waals surface area contributed by atoms with Gasteiger partial charge in [0.05, 0.1) is 5.56 Å². The van der Waals surface area contributed by atoms with Crippen LogP contribution in [0.5, 0.6) is 0 Å². The lowest BCUT2D eigenvalue weighted by molar-refractivity contribution is 0.0940. The molecule has 4 rings (SSSR count). The first kappa shape index (κ1) is 20.9. The fourth-order valence-electron chi connectivity index (χ4n) is 3.80. The van der Waals surface area contributed by atoms with Crippen molar-refractivity contribution in [1.29, 1.82) is 0 Å². The number of nitrogens with zero attached hydrogens (tertiary/aromatic N) is 3. The van der Waals surface area contributed by atoms with Crippen LogP contribution in [0.25, 0.3) is 5.69 Å². The van der Waals surface area contributed by atoms with Gasteiger partial charge in [0, 0.05) is 41.5 Å². The van der Waals surface area contributed by atoms with Crippen LogP contribution >= 0.6 is 11.6 Å². The number of carbonyl (C=O) groups excluding carboxylic acids is 1. The molecule has 158 valence electrons. The second-order valence-corrected chi connectivity index (χ2v) is 7.89. The van der Waals surface area contributed by atoms with E-state index in [9.17, 15) is 9.18 Å². The molecule has 1 N–H and O–H groups in total. The Labute approximate surface area is 185 Å². The van der Waals surface area contributed by atoms with Gasteiger partial charge >= 0.3 is 0 Å². The zero-order chi connectivity index (χ0) is 22.1. The van der Waals surface area contributed by atoms with Crippen molar-refractivity contribution in [2.45, 2.75) is 19.9 Å². The van der Waals surface area contributed by atoms with Crippen LogP contribution in [0.15, 0.2) is 67.0 Å². The van der Waals surface area contributed by atoms with Gasteiger partial charge in [0.1, 0.15) is 17.7 Å². The zero-order valence-corrected chi connectivity index (χ0v) is 18.2. The van der Waals surface area contributed by atoms with Crippen molar-refractivity contribution in [3.63, 3.8) is 0 Å². The van der Waals surface area contributed by atoms with Gasteiger partial charge in [-0.25, -0.2) is 9.37 Å². The summed E-state index contributed by atoms with van der Waals surface area (Å²) in [6.45, 7) is 3.86. The quantitative estimate of drug-likeness (QED) is 0.471. The molecule has 2 aromatic carbocycles. The average Bonchev–Trinajstić information content (AvgIpc) is 3.30. The number of hydrogen-bond donors (Lipinski definition) is 1. The summed E-state index contributed by atoms with van der Waals surface area (Å²) in [6.07, 6.45) is 3.48. The molecule has 0 saturated carbocycles. The van der Waals surface area contributed by atoms with Crippen LogP contribution in [0.2, 0.25) is 5.02 Å². The maximum Gasteiger partial charge on any atom is 0.253 e. The Bertz CT molecular complexity index is 1230. The summed E-state index contributed by atoms with van der Waals surface area (Å²) in [4.78, 5) is 17.7. The van der Waals surface area contributed by atoms with Gasteiger partial charge in [-0.05, 0) is 61.9 Å². The van der Waals surface area contributed by atoms with E-state index in [-0.39, 0.29) is 11.7 Å². The minimum atomic E-state index is -0.522. The van der Waals surface area contributed by atoms with Crippen molar-refractivity contribution in [3.05, 3.63) is 106 Å². The van der Waals surface area contributed by atoms with E-state index in [2.05, 4.69) is 10.3 Å². The Morgan fingerprint density at radius 1 is 1.10 bits per heavy atom. The maximum absolute atomic E-state index is 13.5. The Kier molecular flexibility index (Phi) is 5.65. The standard InChI is InChI=1S/C24H22ClFN4O/c1-15-14-21(16(2)30(15)20-10-6-18(25)7-11-20)24(31)28-22(23-27-12-13-29(23)3)17-4-8-19(26)9-5-17/h4-14,22H,1-3H3,(H,28,31). The normalized spacial score (nSPS) is 12.0. The highest BCUT2D eigenvalue weighted by Crippen LogP contribution is 2.25. The van der Waals surface area contributed by atoms with Crippen LogP contribution in [0.1, 0.15) is 39.2 Å². The van der Waals surface area contributed by atoms with Gasteiger partial charge in [-0.3, -0.25) is 4.79 Å². The molecular weight excluding hydrogens is 415 g/mol. The Hall–Kier alpha value is -3.38. The van der Waals surface area contributed by atoms with Crippen LogP contribution < -0.4 is 5.32 Å². The first-order valence-electron chi connectivity index (χ1n) is 9.83. The molecule has 1 amide bonds. The molecule has 0 aliphatic carbocycles. The van der Waals surface area contributed by atoms with E-state index in [1.807, 2.05) is 66.6 Å². The van der Waals surface area contributed by atoms with Crippen molar-refractivity contribution >= 4 is 17.5 Å². The van der Waals surface area contributed by atoms with E-state index in [1.165, 1.54) is 12.1 Å². The third-order valence-corrected chi connectivity index (χ3v) is 5.61. The molecule has 0 bridgehead atoms. The number of amides is 1. The van der Waals surface area contributed by atoms with Crippen LogP contribution in [-0.4, -0.2) is 20.0 Å². The average molecular weight is 437 g/mol. The lowest BCUT2D eigenvalue weighted by Gasteiger charge is -2.19. The Morgan fingerprint density at radius 2 is 1.77 bits per heavy atom. The van der Waals surface area contributed by atoms with Crippen molar-refractivity contribution in [1.82, 2.24) is 19.4 Å². The van der Waals surface area contributed by atoms with E-state index < -0.39 is 6.04 Å². The first-order chi connectivity index (χ1) is 14.8. The molecule has 0 saturated heterocycles. The lowest BCUT2D eigenvalue weighted by Crippen LogP contribution is -2.31. The SMILES string of the molecule is Cc1cc(C(=O)NC(c2ccc(F)cc2)c2nccn2C)c(C)n1-c1ccc(Cl)cc1. The molecule has 7 heteroatoms. The molecule has 1 unspecified atom stereocenters. The van der Waals surface area contributed by atoms with Gasteiger partial charge in [-0.2, -0.15) is 0 Å². The molecule has 0 radical (unpaired) electrons. The second kappa shape index (κ2) is 8.40. The summed E-state index contributed by atoms with van der Waals surface area (Å²) in [7, 11) is 1.86. The van der Waals surface area contributed by atoms with E-state index in [0.29, 0.717) is 16.4 Å². The molecule has 0 spiro atoms. The van der Waals surface area contributed by atoms with Crippen LogP contribution in [0.4, 0.5) is 4.39 Å². The van der Waals surface area contributed by atoms with E-state index in [4.69, 9.17) is 11.6 Å². The van der Waals surface area contributed by atoms with Gasteiger partial charge in [-0.15, -0.1) is 0 Å². The molecule has 0 aliphatic heterocycles. The maximum atomic E-state index is 13.5. The minimum absolute atomic E-state index is 0.231. The van der Waals surface area contributed by atoms with Gasteiger partial charge < -0.3 is 14.5 Å². The molecule has 0 fully saturated rings. The number of imidazole rings is 1. The van der Waals surface area contributed by atoms with Crippen molar-refractivity contribution in [3.8, 4) is 5.69 Å². The van der Waals surface area contributed by atoms with Gasteiger partial charge in [-0.1, -0.05) is 23.7 Å². The van der Waals surface area contributed by atoms with Crippen molar-refractivity contribution < 1.29 is 9.18 Å². The number of carbonyl (C=O) groups is 1. The number of nitrogens with one attached hydrogen (secondary N) is 1. The van der Waals surface area contributed by atoms with E-state index >= 15 is 0 Å². The Balaban J connectivity index is 1.70. The predicted molar refractivity (Wildman–Crippen MR) is 119 cm³/mol. The summed E-state index contributed by atoms with van der Waals surface area (Å²) < 4.78 is 17.3. The fourth-order valence-corrected chi connectivity index (χ4v) is 3.92. The number of benzene rings is 2. The summed E-state index contributed by atoms with van der Waals surface area (Å²) in [5.41, 5.74) is 3.98. The monoisotopic (exact) mass is 436 g/mol. The number of hydrogen-bond acceptors (Lipinski definition) is 2. The summed E-state index contributed by atoms with van der Waals surface area (Å²) in [6, 6.07) is 14.9.